The normalized spacial score (nSPS) is 18.2. The SMILES string of the molecule is CC1CCN(C(C)CNC(=O)Nc2ccccc2C(F)(F)F)CC1. The van der Waals surface area contributed by atoms with Gasteiger partial charge in [-0.3, -0.25) is 4.90 Å². The zero-order valence-electron chi connectivity index (χ0n) is 14.0. The van der Waals surface area contributed by atoms with Crippen molar-refractivity contribution >= 4 is 11.7 Å². The van der Waals surface area contributed by atoms with Crippen LogP contribution in [0.15, 0.2) is 24.3 Å². The quantitative estimate of drug-likeness (QED) is 0.869. The van der Waals surface area contributed by atoms with Crippen molar-refractivity contribution in [1.82, 2.24) is 10.2 Å². The highest BCUT2D eigenvalue weighted by molar-refractivity contribution is 5.90. The van der Waals surface area contributed by atoms with Crippen LogP contribution in [0.25, 0.3) is 0 Å². The number of likely N-dealkylation sites (tertiary alicyclic amines) is 1. The molecule has 7 heteroatoms. The average Bonchev–Trinajstić information content (AvgIpc) is 2.53. The molecule has 2 rings (SSSR count). The Hall–Kier alpha value is -1.76. The first-order valence-electron chi connectivity index (χ1n) is 8.22. The predicted octanol–water partition coefficient (Wildman–Crippen LogP) is 3.95. The van der Waals surface area contributed by atoms with Crippen LogP contribution in [0.1, 0.15) is 32.3 Å². The number of nitrogens with one attached hydrogen (secondary N) is 2. The summed E-state index contributed by atoms with van der Waals surface area (Å²) in [6, 6.07) is 4.49. The fourth-order valence-electron chi connectivity index (χ4n) is 2.84. The number of carbonyl (C=O) groups excluding carboxylic acids is 1. The summed E-state index contributed by atoms with van der Waals surface area (Å²) in [6.45, 7) is 6.62. The van der Waals surface area contributed by atoms with Crippen LogP contribution in [0.2, 0.25) is 0 Å². The van der Waals surface area contributed by atoms with Crippen LogP contribution in [-0.4, -0.2) is 36.6 Å². The van der Waals surface area contributed by atoms with E-state index >= 15 is 0 Å². The third-order valence-electron chi connectivity index (χ3n) is 4.48. The summed E-state index contributed by atoms with van der Waals surface area (Å²) in [6.07, 6.45) is -2.23. The lowest BCUT2D eigenvalue weighted by atomic mass is 9.98. The number of amides is 2. The van der Waals surface area contributed by atoms with E-state index in [4.69, 9.17) is 0 Å². The van der Waals surface area contributed by atoms with E-state index in [9.17, 15) is 18.0 Å². The highest BCUT2D eigenvalue weighted by Crippen LogP contribution is 2.34. The van der Waals surface area contributed by atoms with Crippen LogP contribution in [0, 0.1) is 5.92 Å². The van der Waals surface area contributed by atoms with Gasteiger partial charge in [0.1, 0.15) is 0 Å². The van der Waals surface area contributed by atoms with Crippen molar-refractivity contribution in [2.45, 2.75) is 38.9 Å². The summed E-state index contributed by atoms with van der Waals surface area (Å²) in [7, 11) is 0. The third kappa shape index (κ3) is 5.12. The second-order valence-electron chi connectivity index (χ2n) is 6.45. The summed E-state index contributed by atoms with van der Waals surface area (Å²) in [5.74, 6) is 0.726. The van der Waals surface area contributed by atoms with Crippen molar-refractivity contribution in [3.63, 3.8) is 0 Å². The van der Waals surface area contributed by atoms with E-state index in [-0.39, 0.29) is 11.7 Å². The molecule has 0 radical (unpaired) electrons. The number of halogens is 3. The number of benzene rings is 1. The van der Waals surface area contributed by atoms with Gasteiger partial charge in [0, 0.05) is 12.6 Å². The molecule has 0 spiro atoms. The molecule has 1 aromatic rings. The molecular formula is C17H24F3N3O. The largest absolute Gasteiger partial charge is 0.418 e. The molecule has 0 bridgehead atoms. The first-order chi connectivity index (χ1) is 11.3. The minimum atomic E-state index is -4.50. The van der Waals surface area contributed by atoms with Crippen molar-refractivity contribution in [2.75, 3.05) is 25.0 Å². The fraction of sp³-hybridized carbons (Fsp3) is 0.588. The van der Waals surface area contributed by atoms with Gasteiger partial charge < -0.3 is 10.6 Å². The van der Waals surface area contributed by atoms with Gasteiger partial charge >= 0.3 is 12.2 Å². The molecule has 0 aromatic heterocycles. The number of rotatable bonds is 4. The molecular weight excluding hydrogens is 319 g/mol. The van der Waals surface area contributed by atoms with Crippen molar-refractivity contribution in [3.05, 3.63) is 29.8 Å². The Kier molecular flexibility index (Phi) is 6.10. The van der Waals surface area contributed by atoms with Crippen LogP contribution in [0.4, 0.5) is 23.7 Å². The predicted molar refractivity (Wildman–Crippen MR) is 87.9 cm³/mol. The van der Waals surface area contributed by atoms with Crippen LogP contribution < -0.4 is 10.6 Å². The topological polar surface area (TPSA) is 44.4 Å². The summed E-state index contributed by atoms with van der Waals surface area (Å²) in [4.78, 5) is 14.2. The Bertz CT molecular complexity index is 554. The van der Waals surface area contributed by atoms with Gasteiger partial charge in [-0.15, -0.1) is 0 Å². The Morgan fingerprint density at radius 3 is 2.54 bits per heavy atom. The summed E-state index contributed by atoms with van der Waals surface area (Å²) in [5, 5.41) is 4.95. The van der Waals surface area contributed by atoms with Crippen molar-refractivity contribution in [3.8, 4) is 0 Å². The van der Waals surface area contributed by atoms with Gasteiger partial charge in [-0.2, -0.15) is 13.2 Å². The molecule has 1 heterocycles. The lowest BCUT2D eigenvalue weighted by Crippen LogP contribution is -2.46. The van der Waals surface area contributed by atoms with Crippen molar-refractivity contribution in [1.29, 1.82) is 0 Å². The first-order valence-corrected chi connectivity index (χ1v) is 8.22. The highest BCUT2D eigenvalue weighted by atomic mass is 19.4. The molecule has 1 saturated heterocycles. The molecule has 0 saturated carbocycles. The molecule has 1 aliphatic rings. The molecule has 1 unspecified atom stereocenters. The van der Waals surface area contributed by atoms with Crippen molar-refractivity contribution in [2.24, 2.45) is 5.92 Å². The van der Waals surface area contributed by atoms with Crippen LogP contribution in [0.5, 0.6) is 0 Å². The molecule has 24 heavy (non-hydrogen) atoms. The maximum atomic E-state index is 12.9. The smallest absolute Gasteiger partial charge is 0.336 e. The van der Waals surface area contributed by atoms with Gasteiger partial charge in [0.05, 0.1) is 11.3 Å². The van der Waals surface area contributed by atoms with Gasteiger partial charge in [-0.05, 0) is 50.9 Å². The zero-order valence-corrected chi connectivity index (χ0v) is 14.0. The van der Waals surface area contributed by atoms with Crippen LogP contribution in [0.3, 0.4) is 0 Å². The lowest BCUT2D eigenvalue weighted by Gasteiger charge is -2.35. The number of hydrogen-bond acceptors (Lipinski definition) is 2. The number of para-hydroxylation sites is 1. The minimum Gasteiger partial charge on any atom is -0.336 e. The van der Waals surface area contributed by atoms with Crippen LogP contribution in [-0.2, 0) is 6.18 Å². The fourth-order valence-corrected chi connectivity index (χ4v) is 2.84. The first kappa shape index (κ1) is 18.6. The van der Waals surface area contributed by atoms with Gasteiger partial charge in [0.25, 0.3) is 0 Å². The lowest BCUT2D eigenvalue weighted by molar-refractivity contribution is -0.136. The van der Waals surface area contributed by atoms with Crippen molar-refractivity contribution < 1.29 is 18.0 Å². The summed E-state index contributed by atoms with van der Waals surface area (Å²) < 4.78 is 38.7. The molecule has 4 nitrogen and oxygen atoms in total. The average molecular weight is 343 g/mol. The van der Waals surface area contributed by atoms with E-state index in [1.165, 1.54) is 18.2 Å². The Morgan fingerprint density at radius 1 is 1.29 bits per heavy atom. The molecule has 2 amide bonds. The maximum absolute atomic E-state index is 12.9. The number of carbonyl (C=O) groups is 1. The van der Waals surface area contributed by atoms with Gasteiger partial charge in [0.2, 0.25) is 0 Å². The second kappa shape index (κ2) is 7.88. The van der Waals surface area contributed by atoms with E-state index in [0.29, 0.717) is 6.54 Å². The summed E-state index contributed by atoms with van der Waals surface area (Å²) in [5.41, 5.74) is -1.08. The number of nitrogens with zero attached hydrogens (tertiary/aromatic N) is 1. The van der Waals surface area contributed by atoms with E-state index in [0.717, 1.165) is 37.9 Å². The molecule has 1 atom stereocenters. The molecule has 0 aliphatic carbocycles. The van der Waals surface area contributed by atoms with E-state index in [1.807, 2.05) is 6.92 Å². The Morgan fingerprint density at radius 2 is 1.92 bits per heavy atom. The zero-order chi connectivity index (χ0) is 17.7. The second-order valence-corrected chi connectivity index (χ2v) is 6.45. The number of piperidine rings is 1. The van der Waals surface area contributed by atoms with Crippen LogP contribution >= 0.6 is 0 Å². The minimum absolute atomic E-state index is 0.154. The molecule has 134 valence electrons. The maximum Gasteiger partial charge on any atom is 0.418 e. The molecule has 2 N–H and O–H groups in total. The molecule has 1 aromatic carbocycles. The van der Waals surface area contributed by atoms with Gasteiger partial charge in [0.15, 0.2) is 0 Å². The Balaban J connectivity index is 1.86. The highest BCUT2D eigenvalue weighted by Gasteiger charge is 2.33. The standard InChI is InChI=1S/C17H24F3N3O/c1-12-7-9-23(10-8-12)13(2)11-21-16(24)22-15-6-4-3-5-14(15)17(18,19)20/h3-6,12-13H,7-11H2,1-2H3,(H2,21,22,24). The molecule has 1 aliphatic heterocycles. The monoisotopic (exact) mass is 343 g/mol. The number of hydrogen-bond donors (Lipinski definition) is 2. The number of urea groups is 1. The Labute approximate surface area is 140 Å². The van der Waals surface area contributed by atoms with E-state index < -0.39 is 17.8 Å². The van der Waals surface area contributed by atoms with Gasteiger partial charge in [-0.25, -0.2) is 4.79 Å². The third-order valence-corrected chi connectivity index (χ3v) is 4.48. The number of anilines is 1. The van der Waals surface area contributed by atoms with Gasteiger partial charge in [-0.1, -0.05) is 19.1 Å². The molecule has 1 fully saturated rings. The van der Waals surface area contributed by atoms with E-state index in [1.54, 1.807) is 0 Å². The summed E-state index contributed by atoms with van der Waals surface area (Å²) >= 11 is 0. The van der Waals surface area contributed by atoms with E-state index in [2.05, 4.69) is 22.5 Å². The number of alkyl halides is 3.